The molecule has 0 saturated carbocycles. The number of halogens is 1. The Morgan fingerprint density at radius 3 is 2.45 bits per heavy atom. The number of benzene rings is 2. The molecule has 2 aromatic carbocycles. The number of carbonyl (C=O) groups is 2. The summed E-state index contributed by atoms with van der Waals surface area (Å²) >= 11 is 1.41. The van der Waals surface area contributed by atoms with Gasteiger partial charge >= 0.3 is 0 Å². The lowest BCUT2D eigenvalue weighted by molar-refractivity contribution is -0.123. The first-order valence-electron chi connectivity index (χ1n) is 10.1. The number of anilines is 2. The van der Waals surface area contributed by atoms with Gasteiger partial charge < -0.3 is 16.1 Å². The summed E-state index contributed by atoms with van der Waals surface area (Å²) in [6.07, 6.45) is 1.50. The molecule has 1 aliphatic rings. The molecule has 0 spiro atoms. The fraction of sp³-hybridized carbons (Fsp3) is 0.217. The molecule has 1 aromatic heterocycles. The van der Waals surface area contributed by atoms with E-state index in [-0.39, 0.29) is 5.56 Å². The molecule has 31 heavy (non-hydrogen) atoms. The average molecular weight is 439 g/mol. The molecule has 1 aliphatic heterocycles. The standard InChI is InChI=1S/C23H23FN4O2S/c1-3-14-7-5-8-15(4-2)19(14)25-22(30)23(18-11-12-31-21(18)27-28-23)26-20(29)16-9-6-10-17(24)13-16/h5-13,27-28H,3-4H2,1-2H3,(H,25,30)(H,26,29). The largest absolute Gasteiger partial charge is 0.322 e. The fourth-order valence-corrected chi connectivity index (χ4v) is 4.53. The van der Waals surface area contributed by atoms with E-state index in [2.05, 4.69) is 21.5 Å². The van der Waals surface area contributed by atoms with E-state index < -0.39 is 23.3 Å². The molecule has 6 nitrogen and oxygen atoms in total. The summed E-state index contributed by atoms with van der Waals surface area (Å²) < 4.78 is 13.7. The lowest BCUT2D eigenvalue weighted by Gasteiger charge is -2.30. The topological polar surface area (TPSA) is 82.3 Å². The van der Waals surface area contributed by atoms with Crippen LogP contribution in [0.15, 0.2) is 53.9 Å². The van der Waals surface area contributed by atoms with E-state index in [0.717, 1.165) is 40.7 Å². The number of nitrogens with one attached hydrogen (secondary N) is 4. The molecule has 1 unspecified atom stereocenters. The van der Waals surface area contributed by atoms with E-state index in [4.69, 9.17) is 0 Å². The van der Waals surface area contributed by atoms with Crippen molar-refractivity contribution in [3.8, 4) is 0 Å². The zero-order valence-electron chi connectivity index (χ0n) is 17.2. The summed E-state index contributed by atoms with van der Waals surface area (Å²) in [6.45, 7) is 4.05. The number of carbonyl (C=O) groups excluding carboxylic acids is 2. The molecule has 3 aromatic rings. The summed E-state index contributed by atoms with van der Waals surface area (Å²) in [5.74, 6) is -1.52. The molecule has 4 rings (SSSR count). The molecule has 4 N–H and O–H groups in total. The van der Waals surface area contributed by atoms with Crippen LogP contribution in [0.5, 0.6) is 0 Å². The first kappa shape index (κ1) is 21.0. The zero-order valence-corrected chi connectivity index (χ0v) is 18.0. The highest BCUT2D eigenvalue weighted by Gasteiger charge is 2.48. The molecule has 8 heteroatoms. The van der Waals surface area contributed by atoms with Crippen molar-refractivity contribution >= 4 is 33.8 Å². The Labute approximate surface area is 183 Å². The number of hydrogen-bond donors (Lipinski definition) is 4. The summed E-state index contributed by atoms with van der Waals surface area (Å²) in [5, 5.41) is 8.40. The van der Waals surface area contributed by atoms with Gasteiger partial charge in [-0.3, -0.25) is 9.59 Å². The van der Waals surface area contributed by atoms with E-state index in [1.54, 1.807) is 6.07 Å². The Morgan fingerprint density at radius 2 is 1.77 bits per heavy atom. The Bertz CT molecular complexity index is 1120. The highest BCUT2D eigenvalue weighted by molar-refractivity contribution is 7.14. The Morgan fingerprint density at radius 1 is 1.06 bits per heavy atom. The van der Waals surface area contributed by atoms with Crippen LogP contribution in [0.2, 0.25) is 0 Å². The second kappa shape index (κ2) is 8.49. The second-order valence-electron chi connectivity index (χ2n) is 7.24. The van der Waals surface area contributed by atoms with Crippen LogP contribution < -0.4 is 21.5 Å². The number of hydrogen-bond acceptors (Lipinski definition) is 5. The summed E-state index contributed by atoms with van der Waals surface area (Å²) in [4.78, 5) is 26.6. The van der Waals surface area contributed by atoms with Crippen molar-refractivity contribution < 1.29 is 14.0 Å². The lowest BCUT2D eigenvalue weighted by atomic mass is 9.99. The van der Waals surface area contributed by atoms with Gasteiger partial charge in [0.25, 0.3) is 11.8 Å². The maximum Gasteiger partial charge on any atom is 0.271 e. The quantitative estimate of drug-likeness (QED) is 0.466. The van der Waals surface area contributed by atoms with E-state index in [0.29, 0.717) is 5.56 Å². The van der Waals surface area contributed by atoms with Gasteiger partial charge in [0.2, 0.25) is 5.66 Å². The van der Waals surface area contributed by atoms with Crippen LogP contribution in [0.4, 0.5) is 15.1 Å². The number of amides is 2. The molecule has 160 valence electrons. The van der Waals surface area contributed by atoms with Crippen LogP contribution >= 0.6 is 11.3 Å². The van der Waals surface area contributed by atoms with Crippen LogP contribution in [0.3, 0.4) is 0 Å². The Hall–Kier alpha value is -3.23. The van der Waals surface area contributed by atoms with Crippen LogP contribution in [0.1, 0.15) is 40.9 Å². The summed E-state index contributed by atoms with van der Waals surface area (Å²) in [7, 11) is 0. The van der Waals surface area contributed by atoms with Gasteiger partial charge in [0.05, 0.1) is 0 Å². The Balaban J connectivity index is 1.72. The zero-order chi connectivity index (χ0) is 22.0. The summed E-state index contributed by atoms with van der Waals surface area (Å²) in [6, 6.07) is 13.1. The van der Waals surface area contributed by atoms with Crippen molar-refractivity contribution in [2.75, 3.05) is 10.7 Å². The van der Waals surface area contributed by atoms with Crippen molar-refractivity contribution in [3.63, 3.8) is 0 Å². The number of aryl methyl sites for hydroxylation is 2. The predicted octanol–water partition coefficient (Wildman–Crippen LogP) is 4.16. The highest BCUT2D eigenvalue weighted by atomic mass is 32.1. The number of para-hydroxylation sites is 1. The van der Waals surface area contributed by atoms with Crippen molar-refractivity contribution in [1.29, 1.82) is 0 Å². The Kier molecular flexibility index (Phi) is 5.75. The van der Waals surface area contributed by atoms with Gasteiger partial charge in [0.1, 0.15) is 10.8 Å². The molecule has 0 fully saturated rings. The van der Waals surface area contributed by atoms with Crippen LogP contribution in [-0.2, 0) is 23.3 Å². The van der Waals surface area contributed by atoms with E-state index in [9.17, 15) is 14.0 Å². The van der Waals surface area contributed by atoms with E-state index in [1.165, 1.54) is 29.5 Å². The van der Waals surface area contributed by atoms with E-state index in [1.807, 2.05) is 37.4 Å². The van der Waals surface area contributed by atoms with Crippen LogP contribution in [0.25, 0.3) is 0 Å². The molecule has 0 saturated heterocycles. The molecule has 0 aliphatic carbocycles. The third-order valence-corrected chi connectivity index (χ3v) is 6.23. The van der Waals surface area contributed by atoms with Crippen molar-refractivity contribution in [2.45, 2.75) is 32.4 Å². The van der Waals surface area contributed by atoms with Gasteiger partial charge in [-0.15, -0.1) is 11.3 Å². The fourth-order valence-electron chi connectivity index (χ4n) is 3.74. The van der Waals surface area contributed by atoms with Gasteiger partial charge in [0, 0.05) is 16.8 Å². The van der Waals surface area contributed by atoms with Crippen molar-refractivity contribution in [1.82, 2.24) is 10.7 Å². The average Bonchev–Trinajstić information content (AvgIpc) is 3.38. The minimum atomic E-state index is -1.55. The first-order chi connectivity index (χ1) is 15.0. The third-order valence-electron chi connectivity index (χ3n) is 5.40. The summed E-state index contributed by atoms with van der Waals surface area (Å²) in [5.41, 5.74) is 7.88. The van der Waals surface area contributed by atoms with Gasteiger partial charge in [-0.2, -0.15) is 5.43 Å². The monoisotopic (exact) mass is 438 g/mol. The van der Waals surface area contributed by atoms with Crippen molar-refractivity contribution in [3.05, 3.63) is 82.0 Å². The van der Waals surface area contributed by atoms with Crippen LogP contribution in [0, 0.1) is 5.82 Å². The maximum atomic E-state index is 13.7. The molecule has 0 radical (unpaired) electrons. The second-order valence-corrected chi connectivity index (χ2v) is 8.16. The maximum absolute atomic E-state index is 13.7. The molecular weight excluding hydrogens is 415 g/mol. The van der Waals surface area contributed by atoms with Crippen molar-refractivity contribution in [2.24, 2.45) is 0 Å². The number of fused-ring (bicyclic) bond motifs is 1. The minimum absolute atomic E-state index is 0.126. The van der Waals surface area contributed by atoms with Gasteiger partial charge in [-0.1, -0.05) is 38.1 Å². The smallest absolute Gasteiger partial charge is 0.271 e. The molecule has 2 amide bonds. The lowest BCUT2D eigenvalue weighted by Crippen LogP contribution is -2.61. The number of hydrazine groups is 1. The normalized spacial score (nSPS) is 17.0. The predicted molar refractivity (Wildman–Crippen MR) is 120 cm³/mol. The SMILES string of the molecule is CCc1cccc(CC)c1NC(=O)C1(NC(=O)c2cccc(F)c2)NNc2sccc21. The van der Waals surface area contributed by atoms with Gasteiger partial charge in [-0.25, -0.2) is 4.39 Å². The highest BCUT2D eigenvalue weighted by Crippen LogP contribution is 2.37. The molecular formula is C23H23FN4O2S. The minimum Gasteiger partial charge on any atom is -0.322 e. The first-order valence-corrected chi connectivity index (χ1v) is 11.0. The van der Waals surface area contributed by atoms with Crippen LogP contribution in [-0.4, -0.2) is 11.8 Å². The van der Waals surface area contributed by atoms with E-state index >= 15 is 0 Å². The van der Waals surface area contributed by atoms with Gasteiger partial charge in [0.15, 0.2) is 0 Å². The molecule has 2 heterocycles. The number of thiophene rings is 1. The third kappa shape index (κ3) is 3.80. The number of rotatable bonds is 6. The molecule has 1 atom stereocenters. The molecule has 0 bridgehead atoms. The van der Waals surface area contributed by atoms with Gasteiger partial charge in [-0.05, 0) is 53.6 Å².